The molecule has 1 aromatic heterocycles. The maximum Gasteiger partial charge on any atom is 0.312 e. The molecule has 0 aliphatic heterocycles. The lowest BCUT2D eigenvalue weighted by Gasteiger charge is -2.12. The van der Waals surface area contributed by atoms with Gasteiger partial charge in [-0.3, -0.25) is 4.68 Å². The van der Waals surface area contributed by atoms with Crippen molar-refractivity contribution in [3.8, 4) is 22.3 Å². The first-order chi connectivity index (χ1) is 13.5. The zero-order chi connectivity index (χ0) is 19.7. The maximum atomic E-state index is 10.9. The first kappa shape index (κ1) is 18.1. The lowest BCUT2D eigenvalue weighted by Crippen LogP contribution is -2.28. The van der Waals surface area contributed by atoms with Gasteiger partial charge >= 0.3 is 6.03 Å². The van der Waals surface area contributed by atoms with E-state index in [9.17, 15) is 4.79 Å². The SMILES string of the molecule is Cn1ncc2c(-c3cccc(-c4ccc(CNC(N)=O)cc4)c3Cl)cccc21. The molecule has 1 heterocycles. The fourth-order valence-corrected chi connectivity index (χ4v) is 3.70. The van der Waals surface area contributed by atoms with Crippen LogP contribution in [0.1, 0.15) is 5.56 Å². The van der Waals surface area contributed by atoms with Gasteiger partial charge in [0.1, 0.15) is 0 Å². The average Bonchev–Trinajstić information content (AvgIpc) is 3.08. The smallest absolute Gasteiger partial charge is 0.312 e. The molecule has 2 amide bonds. The van der Waals surface area contributed by atoms with Gasteiger partial charge in [0.25, 0.3) is 0 Å². The number of hydrogen-bond acceptors (Lipinski definition) is 2. The summed E-state index contributed by atoms with van der Waals surface area (Å²) in [6, 6.07) is 19.5. The van der Waals surface area contributed by atoms with Gasteiger partial charge in [0.15, 0.2) is 0 Å². The van der Waals surface area contributed by atoms with E-state index in [1.54, 1.807) is 0 Å². The van der Waals surface area contributed by atoms with Crippen molar-refractivity contribution in [2.75, 3.05) is 0 Å². The number of aryl methyl sites for hydroxylation is 1. The number of fused-ring (bicyclic) bond motifs is 1. The molecule has 4 aromatic rings. The fourth-order valence-electron chi connectivity index (χ4n) is 3.37. The topological polar surface area (TPSA) is 72.9 Å². The van der Waals surface area contributed by atoms with Crippen LogP contribution in [0, 0.1) is 0 Å². The number of amides is 2. The van der Waals surface area contributed by atoms with Crippen LogP contribution in [0.5, 0.6) is 0 Å². The van der Waals surface area contributed by atoms with Crippen molar-refractivity contribution in [1.82, 2.24) is 15.1 Å². The normalized spacial score (nSPS) is 10.9. The Bertz CT molecular complexity index is 1170. The quantitative estimate of drug-likeness (QED) is 0.528. The minimum atomic E-state index is -0.538. The Morgan fingerprint density at radius 3 is 2.46 bits per heavy atom. The molecule has 140 valence electrons. The standard InChI is InChI=1S/C22H19ClN4O/c1-27-20-7-3-5-17(19(20)13-26-27)18-6-2-4-16(21(18)23)15-10-8-14(9-11-15)12-25-22(24)28/h2-11,13H,12H2,1H3,(H3,24,25,28). The second-order valence-corrected chi connectivity index (χ2v) is 6.97. The number of nitrogens with zero attached hydrogens (tertiary/aromatic N) is 2. The Balaban J connectivity index is 1.74. The maximum absolute atomic E-state index is 10.9. The summed E-state index contributed by atoms with van der Waals surface area (Å²) in [7, 11) is 1.93. The molecule has 3 aromatic carbocycles. The van der Waals surface area contributed by atoms with E-state index in [2.05, 4.69) is 16.5 Å². The summed E-state index contributed by atoms with van der Waals surface area (Å²) in [6.45, 7) is 0.395. The molecule has 5 nitrogen and oxygen atoms in total. The van der Waals surface area contributed by atoms with Crippen molar-refractivity contribution in [3.63, 3.8) is 0 Å². The summed E-state index contributed by atoms with van der Waals surface area (Å²) in [5.41, 5.74) is 11.1. The lowest BCUT2D eigenvalue weighted by molar-refractivity contribution is 0.248. The van der Waals surface area contributed by atoms with Gasteiger partial charge in [-0.2, -0.15) is 5.10 Å². The van der Waals surface area contributed by atoms with Crippen molar-refractivity contribution in [2.24, 2.45) is 12.8 Å². The highest BCUT2D eigenvalue weighted by Crippen LogP contribution is 2.39. The molecule has 0 spiro atoms. The molecule has 0 saturated heterocycles. The molecule has 0 saturated carbocycles. The van der Waals surface area contributed by atoms with E-state index in [4.69, 9.17) is 17.3 Å². The molecular weight excluding hydrogens is 372 g/mol. The number of primary amides is 1. The number of nitrogens with two attached hydrogens (primary N) is 1. The predicted octanol–water partition coefficient (Wildman–Crippen LogP) is 4.73. The van der Waals surface area contributed by atoms with E-state index in [1.165, 1.54) is 0 Å². The number of halogens is 1. The fraction of sp³-hybridized carbons (Fsp3) is 0.0909. The number of rotatable bonds is 4. The molecule has 0 radical (unpaired) electrons. The van der Waals surface area contributed by atoms with Gasteiger partial charge in [-0.15, -0.1) is 0 Å². The Morgan fingerprint density at radius 1 is 1.04 bits per heavy atom. The molecule has 6 heteroatoms. The Morgan fingerprint density at radius 2 is 1.71 bits per heavy atom. The molecule has 0 aliphatic carbocycles. The number of carbonyl (C=O) groups is 1. The van der Waals surface area contributed by atoms with Crippen LogP contribution >= 0.6 is 11.6 Å². The number of urea groups is 1. The minimum absolute atomic E-state index is 0.395. The van der Waals surface area contributed by atoms with E-state index in [0.717, 1.165) is 38.7 Å². The van der Waals surface area contributed by atoms with E-state index < -0.39 is 6.03 Å². The highest BCUT2D eigenvalue weighted by atomic mass is 35.5. The zero-order valence-corrected chi connectivity index (χ0v) is 16.1. The van der Waals surface area contributed by atoms with Crippen molar-refractivity contribution in [3.05, 3.63) is 77.4 Å². The molecule has 4 rings (SSSR count). The first-order valence-corrected chi connectivity index (χ1v) is 9.24. The number of aromatic nitrogens is 2. The second kappa shape index (κ2) is 7.37. The van der Waals surface area contributed by atoms with Gasteiger partial charge < -0.3 is 11.1 Å². The highest BCUT2D eigenvalue weighted by Gasteiger charge is 2.13. The van der Waals surface area contributed by atoms with E-state index in [0.29, 0.717) is 11.6 Å². The number of nitrogens with one attached hydrogen (secondary N) is 1. The monoisotopic (exact) mass is 390 g/mol. The van der Waals surface area contributed by atoms with Crippen LogP contribution < -0.4 is 11.1 Å². The molecule has 0 atom stereocenters. The van der Waals surface area contributed by atoms with Gasteiger partial charge in [0, 0.05) is 30.1 Å². The molecule has 28 heavy (non-hydrogen) atoms. The minimum Gasteiger partial charge on any atom is -0.352 e. The summed E-state index contributed by atoms with van der Waals surface area (Å²) in [6.07, 6.45) is 1.87. The summed E-state index contributed by atoms with van der Waals surface area (Å²) < 4.78 is 1.86. The summed E-state index contributed by atoms with van der Waals surface area (Å²) in [5, 5.41) is 8.72. The van der Waals surface area contributed by atoms with Crippen molar-refractivity contribution < 1.29 is 4.79 Å². The van der Waals surface area contributed by atoms with Crippen LogP contribution in [0.15, 0.2) is 66.9 Å². The lowest BCUT2D eigenvalue weighted by atomic mass is 9.96. The van der Waals surface area contributed by atoms with Gasteiger partial charge in [-0.25, -0.2) is 4.79 Å². The third kappa shape index (κ3) is 3.32. The van der Waals surface area contributed by atoms with Crippen molar-refractivity contribution in [1.29, 1.82) is 0 Å². The van der Waals surface area contributed by atoms with Crippen molar-refractivity contribution in [2.45, 2.75) is 6.54 Å². The van der Waals surface area contributed by atoms with Gasteiger partial charge in [0.2, 0.25) is 0 Å². The van der Waals surface area contributed by atoms with Crippen LogP contribution in [-0.4, -0.2) is 15.8 Å². The van der Waals surface area contributed by atoms with Crippen LogP contribution in [-0.2, 0) is 13.6 Å². The van der Waals surface area contributed by atoms with Crippen LogP contribution in [0.3, 0.4) is 0 Å². The van der Waals surface area contributed by atoms with Gasteiger partial charge in [-0.05, 0) is 22.8 Å². The van der Waals surface area contributed by atoms with E-state index in [1.807, 2.05) is 72.5 Å². The summed E-state index contributed by atoms with van der Waals surface area (Å²) in [4.78, 5) is 10.9. The van der Waals surface area contributed by atoms with E-state index in [-0.39, 0.29) is 0 Å². The number of hydrogen-bond donors (Lipinski definition) is 2. The molecule has 0 fully saturated rings. The Hall–Kier alpha value is -3.31. The molecular formula is C22H19ClN4O. The highest BCUT2D eigenvalue weighted by molar-refractivity contribution is 6.36. The van der Waals surface area contributed by atoms with Gasteiger partial charge in [-0.1, -0.05) is 66.2 Å². The molecule has 0 unspecified atom stereocenters. The summed E-state index contributed by atoms with van der Waals surface area (Å²) >= 11 is 6.83. The number of benzene rings is 3. The Labute approximate surface area is 167 Å². The summed E-state index contributed by atoms with van der Waals surface area (Å²) in [5.74, 6) is 0. The molecule has 0 aliphatic rings. The third-order valence-electron chi connectivity index (χ3n) is 4.81. The van der Waals surface area contributed by atoms with E-state index >= 15 is 0 Å². The molecule has 0 bridgehead atoms. The largest absolute Gasteiger partial charge is 0.352 e. The zero-order valence-electron chi connectivity index (χ0n) is 15.3. The second-order valence-electron chi connectivity index (χ2n) is 6.59. The van der Waals surface area contributed by atoms with Crippen molar-refractivity contribution >= 4 is 28.5 Å². The average molecular weight is 391 g/mol. The Kier molecular flexibility index (Phi) is 4.75. The first-order valence-electron chi connectivity index (χ1n) is 8.87. The molecule has 3 N–H and O–H groups in total. The van der Waals surface area contributed by atoms with Crippen LogP contribution in [0.4, 0.5) is 4.79 Å². The van der Waals surface area contributed by atoms with Crippen LogP contribution in [0.25, 0.3) is 33.2 Å². The predicted molar refractivity (Wildman–Crippen MR) is 113 cm³/mol. The third-order valence-corrected chi connectivity index (χ3v) is 5.22. The van der Waals surface area contributed by atoms with Crippen LogP contribution in [0.2, 0.25) is 5.02 Å². The number of carbonyl (C=O) groups excluding carboxylic acids is 1. The van der Waals surface area contributed by atoms with Gasteiger partial charge in [0.05, 0.1) is 16.7 Å².